The van der Waals surface area contributed by atoms with Crippen LogP contribution in [0.3, 0.4) is 0 Å². The topological polar surface area (TPSA) is 93.9 Å². The largest absolute Gasteiger partial charge is 0.310 e. The lowest BCUT2D eigenvalue weighted by Crippen LogP contribution is -2.34. The van der Waals surface area contributed by atoms with Gasteiger partial charge in [0.15, 0.2) is 0 Å². The number of H-pyrrole nitrogens is 1. The van der Waals surface area contributed by atoms with Crippen LogP contribution in [-0.4, -0.2) is 28.0 Å². The van der Waals surface area contributed by atoms with Crippen molar-refractivity contribution in [3.63, 3.8) is 0 Å². The molecule has 1 aliphatic carbocycles. The zero-order chi connectivity index (χ0) is 20.9. The van der Waals surface area contributed by atoms with Gasteiger partial charge in [-0.15, -0.1) is 0 Å². The van der Waals surface area contributed by atoms with Crippen LogP contribution in [0.4, 0.5) is 0 Å². The van der Waals surface area contributed by atoms with Crippen LogP contribution in [0.5, 0.6) is 0 Å². The Morgan fingerprint density at radius 2 is 2.03 bits per heavy atom. The second kappa shape index (κ2) is 8.93. The lowest BCUT2D eigenvalue weighted by molar-refractivity contribution is 0.0976. The van der Waals surface area contributed by atoms with E-state index in [9.17, 15) is 4.79 Å². The van der Waals surface area contributed by atoms with Crippen molar-refractivity contribution in [2.75, 3.05) is 0 Å². The highest BCUT2D eigenvalue weighted by Gasteiger charge is 2.19. The van der Waals surface area contributed by atoms with Gasteiger partial charge in [-0.05, 0) is 55.7 Å². The number of aliphatic imine (C=N–C) groups is 1. The maximum absolute atomic E-state index is 12.7. The highest BCUT2D eigenvalue weighted by atomic mass is 35.5. The molecule has 0 radical (unpaired) electrons. The Hall–Kier alpha value is -3.43. The first kappa shape index (κ1) is 19.9. The first-order valence-electron chi connectivity index (χ1n) is 9.79. The molecule has 0 saturated heterocycles. The van der Waals surface area contributed by atoms with Crippen molar-refractivity contribution in [1.29, 1.82) is 5.26 Å². The summed E-state index contributed by atoms with van der Waals surface area (Å²) in [6.45, 7) is 0. The number of rotatable bonds is 5. The van der Waals surface area contributed by atoms with Crippen LogP contribution in [0, 0.1) is 11.3 Å². The summed E-state index contributed by atoms with van der Waals surface area (Å²) >= 11 is 5.96. The Morgan fingerprint density at radius 3 is 2.73 bits per heavy atom. The zero-order valence-corrected chi connectivity index (χ0v) is 17.0. The Morgan fingerprint density at radius 1 is 1.23 bits per heavy atom. The summed E-state index contributed by atoms with van der Waals surface area (Å²) in [5.41, 5.74) is 3.49. The third-order valence-corrected chi connectivity index (χ3v) is 5.31. The van der Waals surface area contributed by atoms with Gasteiger partial charge in [-0.3, -0.25) is 14.9 Å². The zero-order valence-electron chi connectivity index (χ0n) is 16.2. The molecule has 1 saturated carbocycles. The van der Waals surface area contributed by atoms with Crippen LogP contribution in [-0.2, 0) is 6.42 Å². The summed E-state index contributed by atoms with van der Waals surface area (Å²) in [6.07, 6.45) is 3.65. The fourth-order valence-electron chi connectivity index (χ4n) is 3.19. The molecular weight excluding hydrogens is 398 g/mol. The number of benzene rings is 2. The molecule has 1 amide bonds. The van der Waals surface area contributed by atoms with E-state index in [1.807, 2.05) is 30.3 Å². The molecule has 0 unspecified atom stereocenters. The number of aromatic nitrogens is 2. The van der Waals surface area contributed by atoms with Crippen LogP contribution < -0.4 is 5.32 Å². The highest BCUT2D eigenvalue weighted by Crippen LogP contribution is 2.23. The van der Waals surface area contributed by atoms with Crippen LogP contribution in [0.15, 0.2) is 59.6 Å². The summed E-state index contributed by atoms with van der Waals surface area (Å²) in [6, 6.07) is 18.3. The minimum absolute atomic E-state index is 0.240. The first-order valence-corrected chi connectivity index (χ1v) is 10.2. The highest BCUT2D eigenvalue weighted by molar-refractivity contribution is 6.30. The second-order valence-electron chi connectivity index (χ2n) is 7.27. The van der Waals surface area contributed by atoms with Crippen molar-refractivity contribution >= 4 is 23.3 Å². The molecule has 0 aliphatic heterocycles. The number of nitriles is 1. The van der Waals surface area contributed by atoms with Gasteiger partial charge in [0.1, 0.15) is 5.84 Å². The summed E-state index contributed by atoms with van der Waals surface area (Å²) < 4.78 is 0. The van der Waals surface area contributed by atoms with Crippen molar-refractivity contribution < 1.29 is 4.79 Å². The van der Waals surface area contributed by atoms with Crippen molar-refractivity contribution in [1.82, 2.24) is 15.5 Å². The SMILES string of the molecule is N#Cc1cccc(C(=O)NC(Cc2cc(-c3ccc(Cl)cc3)n[nH]2)=NC2CCC2)c1. The van der Waals surface area contributed by atoms with Gasteiger partial charge < -0.3 is 5.32 Å². The minimum atomic E-state index is -0.275. The normalized spacial score (nSPS) is 14.1. The quantitative estimate of drug-likeness (QED) is 0.471. The monoisotopic (exact) mass is 417 g/mol. The van der Waals surface area contributed by atoms with Crippen molar-refractivity contribution in [3.05, 3.63) is 76.4 Å². The molecule has 0 bridgehead atoms. The molecule has 0 atom stereocenters. The number of halogens is 1. The predicted octanol–water partition coefficient (Wildman–Crippen LogP) is 4.53. The molecule has 1 aromatic heterocycles. The number of nitrogens with one attached hydrogen (secondary N) is 2. The van der Waals surface area contributed by atoms with E-state index < -0.39 is 0 Å². The molecule has 2 aromatic carbocycles. The lowest BCUT2D eigenvalue weighted by Gasteiger charge is -2.22. The molecule has 7 heteroatoms. The van der Waals surface area contributed by atoms with Gasteiger partial charge in [-0.25, -0.2) is 0 Å². The number of hydrogen-bond acceptors (Lipinski definition) is 4. The predicted molar refractivity (Wildman–Crippen MR) is 116 cm³/mol. The summed E-state index contributed by atoms with van der Waals surface area (Å²) in [4.78, 5) is 17.5. The third-order valence-electron chi connectivity index (χ3n) is 5.05. The molecule has 150 valence electrons. The molecule has 1 aliphatic rings. The van der Waals surface area contributed by atoms with Crippen LogP contribution in [0.1, 0.15) is 40.9 Å². The Kier molecular flexibility index (Phi) is 5.92. The Labute approximate surface area is 179 Å². The maximum Gasteiger partial charge on any atom is 0.256 e. The number of hydrogen-bond donors (Lipinski definition) is 2. The molecule has 6 nitrogen and oxygen atoms in total. The van der Waals surface area contributed by atoms with Gasteiger partial charge in [0.2, 0.25) is 0 Å². The molecule has 30 heavy (non-hydrogen) atoms. The van der Waals surface area contributed by atoms with E-state index >= 15 is 0 Å². The van der Waals surface area contributed by atoms with Gasteiger partial charge >= 0.3 is 0 Å². The molecule has 2 N–H and O–H groups in total. The third kappa shape index (κ3) is 4.76. The molecule has 1 fully saturated rings. The number of carbonyl (C=O) groups is 1. The molecule has 4 rings (SSSR count). The average molecular weight is 418 g/mol. The van der Waals surface area contributed by atoms with E-state index in [2.05, 4.69) is 21.6 Å². The summed E-state index contributed by atoms with van der Waals surface area (Å²) in [5.74, 6) is 0.320. The molecule has 0 spiro atoms. The fraction of sp³-hybridized carbons (Fsp3) is 0.217. The first-order chi connectivity index (χ1) is 14.6. The maximum atomic E-state index is 12.7. The van der Waals surface area contributed by atoms with Gasteiger partial charge in [0, 0.05) is 28.3 Å². The van der Waals surface area contributed by atoms with E-state index in [-0.39, 0.29) is 11.9 Å². The summed E-state index contributed by atoms with van der Waals surface area (Å²) in [5, 5.41) is 20.1. The standard InChI is InChI=1S/C23H20ClN5O/c24-18-9-7-16(8-10-18)21-12-20(28-29-21)13-22(26-19-5-2-6-19)27-23(30)17-4-1-3-15(11-17)14-25/h1,3-4,7-12,19H,2,5-6,13H2,(H,28,29)(H,26,27,30). The van der Waals surface area contributed by atoms with Gasteiger partial charge in [0.05, 0.1) is 23.4 Å². The number of amidine groups is 1. The molecule has 1 heterocycles. The van der Waals surface area contributed by atoms with Crippen molar-refractivity contribution in [2.24, 2.45) is 4.99 Å². The van der Waals surface area contributed by atoms with Crippen molar-refractivity contribution in [3.8, 4) is 17.3 Å². The van der Waals surface area contributed by atoms with Crippen molar-refractivity contribution in [2.45, 2.75) is 31.7 Å². The van der Waals surface area contributed by atoms with Gasteiger partial charge in [-0.2, -0.15) is 10.4 Å². The minimum Gasteiger partial charge on any atom is -0.310 e. The number of carbonyl (C=O) groups excluding carboxylic acids is 1. The van der Waals surface area contributed by atoms with E-state index in [4.69, 9.17) is 21.9 Å². The van der Waals surface area contributed by atoms with E-state index in [0.717, 1.165) is 36.2 Å². The fourth-order valence-corrected chi connectivity index (χ4v) is 3.32. The number of nitrogens with zero attached hydrogens (tertiary/aromatic N) is 3. The van der Waals surface area contributed by atoms with E-state index in [1.54, 1.807) is 24.3 Å². The Balaban J connectivity index is 1.52. The van der Waals surface area contributed by atoms with E-state index in [1.165, 1.54) is 0 Å². The smallest absolute Gasteiger partial charge is 0.256 e. The van der Waals surface area contributed by atoms with E-state index in [0.29, 0.717) is 28.4 Å². The Bertz CT molecular complexity index is 1120. The lowest BCUT2D eigenvalue weighted by atomic mass is 9.94. The molecule has 3 aromatic rings. The van der Waals surface area contributed by atoms with Gasteiger partial charge in [-0.1, -0.05) is 29.8 Å². The number of amides is 1. The van der Waals surface area contributed by atoms with Crippen LogP contribution >= 0.6 is 11.6 Å². The van der Waals surface area contributed by atoms with Crippen LogP contribution in [0.2, 0.25) is 5.02 Å². The van der Waals surface area contributed by atoms with Crippen LogP contribution in [0.25, 0.3) is 11.3 Å². The number of aromatic amines is 1. The molecular formula is C23H20ClN5O. The average Bonchev–Trinajstić information content (AvgIpc) is 3.19. The second-order valence-corrected chi connectivity index (χ2v) is 7.71. The summed E-state index contributed by atoms with van der Waals surface area (Å²) in [7, 11) is 0. The van der Waals surface area contributed by atoms with Gasteiger partial charge in [0.25, 0.3) is 5.91 Å².